The molecule has 6 heteroatoms. The van der Waals surface area contributed by atoms with Crippen molar-refractivity contribution in [3.63, 3.8) is 0 Å². The number of hydrogen-bond acceptors (Lipinski definition) is 4. The van der Waals surface area contributed by atoms with E-state index in [9.17, 15) is 9.59 Å². The van der Waals surface area contributed by atoms with Crippen LogP contribution in [0, 0.1) is 0 Å². The number of anilines is 2. The number of rotatable bonds is 5. The van der Waals surface area contributed by atoms with E-state index in [1.807, 2.05) is 36.4 Å². The highest BCUT2D eigenvalue weighted by Crippen LogP contribution is 2.16. The number of hydrogen-bond donors (Lipinski definition) is 2. The summed E-state index contributed by atoms with van der Waals surface area (Å²) < 4.78 is 0. The molecule has 3 rings (SSSR count). The van der Waals surface area contributed by atoms with E-state index in [1.165, 1.54) is 11.3 Å². The molecule has 0 radical (unpaired) electrons. The number of benzene rings is 2. The minimum absolute atomic E-state index is 0.216. The van der Waals surface area contributed by atoms with Crippen LogP contribution in [0.5, 0.6) is 0 Å². The average Bonchev–Trinajstić information content (AvgIpc) is 3.15. The first-order valence-electron chi connectivity index (χ1n) is 7.97. The van der Waals surface area contributed by atoms with Crippen LogP contribution in [0.25, 0.3) is 6.08 Å². The Morgan fingerprint density at radius 3 is 2.58 bits per heavy atom. The Bertz CT molecular complexity index is 935. The summed E-state index contributed by atoms with van der Waals surface area (Å²) in [6, 6.07) is 16.4. The maximum atomic E-state index is 12.4. The number of aromatic nitrogens is 1. The van der Waals surface area contributed by atoms with Gasteiger partial charge in [-0.05, 0) is 36.8 Å². The Hall–Kier alpha value is -3.25. The molecule has 0 bridgehead atoms. The number of carbonyl (C=O) groups excluding carboxylic acids is 2. The molecule has 3 aromatic rings. The highest BCUT2D eigenvalue weighted by atomic mass is 32.1. The molecule has 26 heavy (non-hydrogen) atoms. The Morgan fingerprint density at radius 1 is 1.04 bits per heavy atom. The first-order chi connectivity index (χ1) is 12.6. The van der Waals surface area contributed by atoms with Crippen molar-refractivity contribution in [1.29, 1.82) is 0 Å². The second-order valence-electron chi connectivity index (χ2n) is 5.56. The predicted molar refractivity (Wildman–Crippen MR) is 105 cm³/mol. The normalized spacial score (nSPS) is 11.0. The molecule has 0 fully saturated rings. The second-order valence-corrected chi connectivity index (χ2v) is 6.46. The topological polar surface area (TPSA) is 71.1 Å². The van der Waals surface area contributed by atoms with Gasteiger partial charge in [-0.1, -0.05) is 36.4 Å². The molecule has 0 unspecified atom stereocenters. The van der Waals surface area contributed by atoms with Crippen molar-refractivity contribution >= 4 is 40.0 Å². The third-order valence-corrected chi connectivity index (χ3v) is 4.26. The van der Waals surface area contributed by atoms with Gasteiger partial charge < -0.3 is 5.32 Å². The van der Waals surface area contributed by atoms with Gasteiger partial charge in [0.15, 0.2) is 5.13 Å². The van der Waals surface area contributed by atoms with Crippen LogP contribution in [0.15, 0.2) is 71.7 Å². The zero-order chi connectivity index (χ0) is 18.4. The third-order valence-electron chi connectivity index (χ3n) is 3.58. The Kier molecular flexibility index (Phi) is 5.56. The molecule has 2 aromatic carbocycles. The van der Waals surface area contributed by atoms with E-state index in [4.69, 9.17) is 0 Å². The Morgan fingerprint density at radius 2 is 1.85 bits per heavy atom. The summed E-state index contributed by atoms with van der Waals surface area (Å²) in [4.78, 5) is 28.6. The van der Waals surface area contributed by atoms with Gasteiger partial charge >= 0.3 is 0 Å². The molecule has 0 aliphatic rings. The summed E-state index contributed by atoms with van der Waals surface area (Å²) in [6.07, 6.45) is 3.44. The summed E-state index contributed by atoms with van der Waals surface area (Å²) in [5.74, 6) is -0.487. The van der Waals surface area contributed by atoms with E-state index in [0.29, 0.717) is 22.0 Å². The van der Waals surface area contributed by atoms with Crippen LogP contribution in [-0.2, 0) is 4.79 Å². The van der Waals surface area contributed by atoms with Gasteiger partial charge in [0, 0.05) is 28.4 Å². The van der Waals surface area contributed by atoms with Crippen LogP contribution in [0.2, 0.25) is 0 Å². The lowest BCUT2D eigenvalue weighted by molar-refractivity contribution is -0.112. The van der Waals surface area contributed by atoms with Crippen molar-refractivity contribution < 1.29 is 9.59 Å². The van der Waals surface area contributed by atoms with Gasteiger partial charge in [0.05, 0.1) is 0 Å². The molecule has 1 aromatic heterocycles. The van der Waals surface area contributed by atoms with Crippen LogP contribution in [0.1, 0.15) is 22.8 Å². The van der Waals surface area contributed by atoms with Gasteiger partial charge in [0.2, 0.25) is 0 Å². The van der Waals surface area contributed by atoms with Gasteiger partial charge in [0.25, 0.3) is 11.8 Å². The third kappa shape index (κ3) is 4.64. The van der Waals surface area contributed by atoms with Crippen molar-refractivity contribution in [2.45, 2.75) is 6.92 Å². The largest absolute Gasteiger partial charge is 0.322 e. The molecule has 0 spiro atoms. The molecule has 0 saturated heterocycles. The van der Waals surface area contributed by atoms with Crippen molar-refractivity contribution in [2.24, 2.45) is 0 Å². The van der Waals surface area contributed by atoms with Crippen molar-refractivity contribution in [2.75, 3.05) is 10.6 Å². The maximum absolute atomic E-state index is 12.4. The van der Waals surface area contributed by atoms with Gasteiger partial charge in [-0.25, -0.2) is 4.98 Å². The van der Waals surface area contributed by atoms with E-state index < -0.39 is 0 Å². The molecule has 130 valence electrons. The molecule has 0 aliphatic heterocycles. The van der Waals surface area contributed by atoms with E-state index >= 15 is 0 Å². The molecule has 0 aliphatic carbocycles. The lowest BCUT2D eigenvalue weighted by atomic mass is 10.1. The summed E-state index contributed by atoms with van der Waals surface area (Å²) in [6.45, 7) is 1.75. The number of nitrogens with one attached hydrogen (secondary N) is 2. The molecule has 5 nitrogen and oxygen atoms in total. The SMILES string of the molecule is C/C(=C\c1ccccc1)C(=O)Nc1cccc(C(=O)Nc2nccs2)c1. The van der Waals surface area contributed by atoms with E-state index in [0.717, 1.165) is 5.56 Å². The zero-order valence-corrected chi connectivity index (χ0v) is 14.9. The predicted octanol–water partition coefficient (Wildman–Crippen LogP) is 4.44. The minimum Gasteiger partial charge on any atom is -0.322 e. The smallest absolute Gasteiger partial charge is 0.257 e. The first-order valence-corrected chi connectivity index (χ1v) is 8.85. The van der Waals surface area contributed by atoms with E-state index in [1.54, 1.807) is 42.8 Å². The fourth-order valence-electron chi connectivity index (χ4n) is 2.29. The highest BCUT2D eigenvalue weighted by Gasteiger charge is 2.10. The molecular weight excluding hydrogens is 346 g/mol. The fourth-order valence-corrected chi connectivity index (χ4v) is 2.81. The molecule has 2 amide bonds. The molecule has 2 N–H and O–H groups in total. The molecule has 0 saturated carbocycles. The number of thiazole rings is 1. The van der Waals surface area contributed by atoms with Crippen LogP contribution >= 0.6 is 11.3 Å². The Balaban J connectivity index is 1.69. The van der Waals surface area contributed by atoms with Crippen molar-refractivity contribution in [3.05, 3.63) is 82.9 Å². The van der Waals surface area contributed by atoms with Crippen LogP contribution in [-0.4, -0.2) is 16.8 Å². The number of carbonyl (C=O) groups is 2. The van der Waals surface area contributed by atoms with Crippen LogP contribution < -0.4 is 10.6 Å². The monoisotopic (exact) mass is 363 g/mol. The minimum atomic E-state index is -0.271. The first kappa shape index (κ1) is 17.6. The molecule has 0 atom stereocenters. The van der Waals surface area contributed by atoms with Crippen molar-refractivity contribution in [1.82, 2.24) is 4.98 Å². The number of amides is 2. The van der Waals surface area contributed by atoms with E-state index in [2.05, 4.69) is 15.6 Å². The summed E-state index contributed by atoms with van der Waals surface area (Å²) in [5, 5.41) is 7.85. The molecule has 1 heterocycles. The average molecular weight is 363 g/mol. The standard InChI is InChI=1S/C20H17N3O2S/c1-14(12-15-6-3-2-4-7-15)18(24)22-17-9-5-8-16(13-17)19(25)23-20-21-10-11-26-20/h2-13H,1H3,(H,22,24)(H,21,23,25)/b14-12+. The lowest BCUT2D eigenvalue weighted by Crippen LogP contribution is -2.15. The lowest BCUT2D eigenvalue weighted by Gasteiger charge is -2.08. The quantitative estimate of drug-likeness (QED) is 0.659. The van der Waals surface area contributed by atoms with Crippen LogP contribution in [0.4, 0.5) is 10.8 Å². The maximum Gasteiger partial charge on any atom is 0.257 e. The summed E-state index contributed by atoms with van der Waals surface area (Å²) in [5.41, 5.74) is 2.54. The van der Waals surface area contributed by atoms with Gasteiger partial charge in [0.1, 0.15) is 0 Å². The highest BCUT2D eigenvalue weighted by molar-refractivity contribution is 7.13. The summed E-state index contributed by atoms with van der Waals surface area (Å²) >= 11 is 1.35. The van der Waals surface area contributed by atoms with E-state index in [-0.39, 0.29) is 11.8 Å². The van der Waals surface area contributed by atoms with Gasteiger partial charge in [-0.2, -0.15) is 0 Å². The van der Waals surface area contributed by atoms with Gasteiger partial charge in [-0.3, -0.25) is 14.9 Å². The second kappa shape index (κ2) is 8.22. The fraction of sp³-hybridized carbons (Fsp3) is 0.0500. The number of nitrogens with zero attached hydrogens (tertiary/aromatic N) is 1. The van der Waals surface area contributed by atoms with Crippen molar-refractivity contribution in [3.8, 4) is 0 Å². The zero-order valence-electron chi connectivity index (χ0n) is 14.1. The van der Waals surface area contributed by atoms with Crippen LogP contribution in [0.3, 0.4) is 0 Å². The Labute approximate surface area is 155 Å². The van der Waals surface area contributed by atoms with Gasteiger partial charge in [-0.15, -0.1) is 11.3 Å². The summed E-state index contributed by atoms with van der Waals surface area (Å²) in [7, 11) is 0. The molecular formula is C20H17N3O2S.